The SMILES string of the molecule is O=C(COC(=O)C(F)(F)S(=O)(=O)O)Oc1ccc(C2C3CC4CC(C3)CC2C4)cc1. The van der Waals surface area contributed by atoms with Crippen molar-refractivity contribution in [3.63, 3.8) is 0 Å². The Kier molecular flexibility index (Phi) is 5.34. The first kappa shape index (κ1) is 21.2. The maximum absolute atomic E-state index is 13.1. The molecule has 0 aliphatic heterocycles. The number of alkyl halides is 2. The molecular formula is C20H22F2O7S. The Balaban J connectivity index is 1.33. The van der Waals surface area contributed by atoms with Crippen LogP contribution in [0.25, 0.3) is 0 Å². The van der Waals surface area contributed by atoms with Crippen molar-refractivity contribution in [3.8, 4) is 5.75 Å². The van der Waals surface area contributed by atoms with Crippen LogP contribution in [0.2, 0.25) is 0 Å². The quantitative estimate of drug-likeness (QED) is 0.408. The van der Waals surface area contributed by atoms with Crippen molar-refractivity contribution < 1.29 is 40.8 Å². The van der Waals surface area contributed by atoms with Crippen LogP contribution in [0.15, 0.2) is 24.3 Å². The van der Waals surface area contributed by atoms with Crippen LogP contribution in [-0.4, -0.2) is 36.8 Å². The summed E-state index contributed by atoms with van der Waals surface area (Å²) < 4.78 is 64.3. The first-order valence-corrected chi connectivity index (χ1v) is 11.3. The second-order valence-electron chi connectivity index (χ2n) is 8.57. The highest BCUT2D eigenvalue weighted by atomic mass is 32.2. The van der Waals surface area contributed by atoms with Gasteiger partial charge < -0.3 is 9.47 Å². The molecule has 0 aromatic heterocycles. The van der Waals surface area contributed by atoms with E-state index in [0.717, 1.165) is 11.8 Å². The lowest BCUT2D eigenvalue weighted by Crippen LogP contribution is -2.43. The van der Waals surface area contributed by atoms with Crippen molar-refractivity contribution in [2.24, 2.45) is 23.7 Å². The lowest BCUT2D eigenvalue weighted by Gasteiger charge is -2.54. The highest BCUT2D eigenvalue weighted by Crippen LogP contribution is 2.59. The zero-order valence-electron chi connectivity index (χ0n) is 16.0. The second kappa shape index (κ2) is 7.56. The zero-order valence-corrected chi connectivity index (χ0v) is 16.8. The summed E-state index contributed by atoms with van der Waals surface area (Å²) in [6.45, 7) is -1.22. The molecule has 7 nitrogen and oxygen atoms in total. The Hall–Kier alpha value is -2.07. The summed E-state index contributed by atoms with van der Waals surface area (Å²) in [6, 6.07) is 7.00. The number of halogens is 2. The van der Waals surface area contributed by atoms with E-state index in [1.165, 1.54) is 37.7 Å². The van der Waals surface area contributed by atoms with Crippen molar-refractivity contribution in [1.29, 1.82) is 0 Å². The average molecular weight is 444 g/mol. The van der Waals surface area contributed by atoms with Gasteiger partial charge in [0, 0.05) is 0 Å². The number of benzene rings is 1. The molecule has 1 N–H and O–H groups in total. The van der Waals surface area contributed by atoms with Crippen LogP contribution in [-0.2, 0) is 24.4 Å². The van der Waals surface area contributed by atoms with Gasteiger partial charge in [-0.1, -0.05) is 12.1 Å². The van der Waals surface area contributed by atoms with Gasteiger partial charge in [-0.25, -0.2) is 9.59 Å². The zero-order chi connectivity index (χ0) is 21.7. The standard InChI is InChI=1S/C20H22F2O7S/c21-20(22,30(25,26)27)19(24)28-10-17(23)29-16-3-1-13(2-4-16)18-14-6-11-5-12(8-14)9-15(18)7-11/h1-4,11-12,14-15,18H,5-10H2,(H,25,26,27). The van der Waals surface area contributed by atoms with E-state index in [9.17, 15) is 26.8 Å². The van der Waals surface area contributed by atoms with Gasteiger partial charge in [0.25, 0.3) is 0 Å². The lowest BCUT2D eigenvalue weighted by molar-refractivity contribution is -0.166. The van der Waals surface area contributed by atoms with Crippen LogP contribution in [0.4, 0.5) is 8.78 Å². The third kappa shape index (κ3) is 3.94. The number of hydrogen-bond donors (Lipinski definition) is 1. The van der Waals surface area contributed by atoms with Gasteiger partial charge in [-0.3, -0.25) is 4.55 Å². The largest absolute Gasteiger partial charge is 0.465 e. The summed E-state index contributed by atoms with van der Waals surface area (Å²) >= 11 is 0. The monoisotopic (exact) mass is 444 g/mol. The molecule has 4 saturated carbocycles. The molecule has 4 bridgehead atoms. The third-order valence-electron chi connectivity index (χ3n) is 6.61. The van der Waals surface area contributed by atoms with Gasteiger partial charge in [0.1, 0.15) is 5.75 Å². The fourth-order valence-electron chi connectivity index (χ4n) is 5.70. The Bertz CT molecular complexity index is 914. The molecule has 1 aromatic rings. The maximum Gasteiger partial charge on any atom is 0.465 e. The molecule has 4 aliphatic carbocycles. The van der Waals surface area contributed by atoms with Gasteiger partial charge in [-0.15, -0.1) is 0 Å². The summed E-state index contributed by atoms with van der Waals surface area (Å²) in [5.74, 6) is 0.0595. The molecule has 0 spiro atoms. The van der Waals surface area contributed by atoms with Crippen LogP contribution in [0.1, 0.15) is 43.6 Å². The van der Waals surface area contributed by atoms with E-state index in [4.69, 9.17) is 9.29 Å². The van der Waals surface area contributed by atoms with Crippen molar-refractivity contribution in [1.82, 2.24) is 0 Å². The molecule has 4 fully saturated rings. The summed E-state index contributed by atoms with van der Waals surface area (Å²) in [5.41, 5.74) is 1.20. The van der Waals surface area contributed by atoms with E-state index in [-0.39, 0.29) is 5.75 Å². The minimum Gasteiger partial charge on any atom is -0.448 e. The molecule has 0 amide bonds. The first-order chi connectivity index (χ1) is 14.0. The van der Waals surface area contributed by atoms with Gasteiger partial charge in [0.2, 0.25) is 0 Å². The molecule has 1 aromatic carbocycles. The summed E-state index contributed by atoms with van der Waals surface area (Å²) in [5, 5.41) is -5.16. The molecule has 0 radical (unpaired) electrons. The van der Waals surface area contributed by atoms with Crippen LogP contribution in [0, 0.1) is 23.7 Å². The van der Waals surface area contributed by atoms with Crippen molar-refractivity contribution >= 4 is 22.1 Å². The van der Waals surface area contributed by atoms with Crippen LogP contribution in [0.3, 0.4) is 0 Å². The van der Waals surface area contributed by atoms with Gasteiger partial charge in [-0.05, 0) is 79.4 Å². The fourth-order valence-corrected chi connectivity index (χ4v) is 5.97. The molecule has 10 heteroatoms. The van der Waals surface area contributed by atoms with E-state index in [1.54, 1.807) is 12.1 Å². The van der Waals surface area contributed by atoms with Gasteiger partial charge >= 0.3 is 27.3 Å². The smallest absolute Gasteiger partial charge is 0.448 e. The van der Waals surface area contributed by atoms with Gasteiger partial charge in [0.05, 0.1) is 0 Å². The molecule has 0 unspecified atom stereocenters. The number of hydrogen-bond acceptors (Lipinski definition) is 6. The fraction of sp³-hybridized carbons (Fsp3) is 0.600. The molecule has 30 heavy (non-hydrogen) atoms. The Morgan fingerprint density at radius 2 is 1.53 bits per heavy atom. The third-order valence-corrected chi connectivity index (χ3v) is 7.42. The molecule has 0 saturated heterocycles. The molecule has 4 aliphatic rings. The lowest BCUT2D eigenvalue weighted by atomic mass is 9.51. The second-order valence-corrected chi connectivity index (χ2v) is 10.0. The normalized spacial score (nSPS) is 30.2. The Morgan fingerprint density at radius 1 is 1.00 bits per heavy atom. The predicted molar refractivity (Wildman–Crippen MR) is 99.3 cm³/mol. The minimum atomic E-state index is -5.99. The Labute approximate surface area is 172 Å². The maximum atomic E-state index is 13.1. The first-order valence-electron chi connectivity index (χ1n) is 9.87. The van der Waals surface area contributed by atoms with E-state index in [1.807, 2.05) is 12.1 Å². The number of carbonyl (C=O) groups is 2. The number of carbonyl (C=O) groups excluding carboxylic acids is 2. The summed E-state index contributed by atoms with van der Waals surface area (Å²) in [7, 11) is -5.99. The van der Waals surface area contributed by atoms with Crippen LogP contribution < -0.4 is 4.74 Å². The van der Waals surface area contributed by atoms with Crippen molar-refractivity contribution in [2.75, 3.05) is 6.61 Å². The van der Waals surface area contributed by atoms with E-state index < -0.39 is 33.9 Å². The van der Waals surface area contributed by atoms with Crippen molar-refractivity contribution in [3.05, 3.63) is 29.8 Å². The molecule has 5 rings (SSSR count). The highest BCUT2D eigenvalue weighted by molar-refractivity contribution is 7.87. The van der Waals surface area contributed by atoms with Gasteiger partial charge in [-0.2, -0.15) is 17.2 Å². The van der Waals surface area contributed by atoms with Crippen molar-refractivity contribution in [2.45, 2.75) is 43.3 Å². The molecule has 0 atom stereocenters. The van der Waals surface area contributed by atoms with E-state index in [2.05, 4.69) is 4.74 Å². The minimum absolute atomic E-state index is 0.158. The number of rotatable bonds is 6. The molecule has 0 heterocycles. The van der Waals surface area contributed by atoms with E-state index >= 15 is 0 Å². The number of esters is 2. The van der Waals surface area contributed by atoms with Crippen LogP contribution >= 0.6 is 0 Å². The highest BCUT2D eigenvalue weighted by Gasteiger charge is 2.54. The average Bonchev–Trinajstić information content (AvgIpc) is 2.65. The predicted octanol–water partition coefficient (Wildman–Crippen LogP) is 3.16. The van der Waals surface area contributed by atoms with Crippen LogP contribution in [0.5, 0.6) is 5.75 Å². The Morgan fingerprint density at radius 3 is 2.03 bits per heavy atom. The van der Waals surface area contributed by atoms with E-state index in [0.29, 0.717) is 17.8 Å². The summed E-state index contributed by atoms with van der Waals surface area (Å²) in [6.07, 6.45) is 6.46. The number of ether oxygens (including phenoxy) is 2. The van der Waals surface area contributed by atoms with Gasteiger partial charge in [0.15, 0.2) is 6.61 Å². The summed E-state index contributed by atoms with van der Waals surface area (Å²) in [4.78, 5) is 22.8. The molecular weight excluding hydrogens is 422 g/mol. The molecule has 164 valence electrons. The topological polar surface area (TPSA) is 107 Å².